The molecule has 7 nitrogen and oxygen atoms in total. The van der Waals surface area contributed by atoms with E-state index in [9.17, 15) is 18.0 Å². The fraction of sp³-hybridized carbons (Fsp3) is 0.429. The Morgan fingerprint density at radius 1 is 1.07 bits per heavy atom. The number of nitrogens with one attached hydrogen (secondary N) is 1. The second-order valence-electron chi connectivity index (χ2n) is 8.08. The fourth-order valence-corrected chi connectivity index (χ4v) is 5.84. The molecule has 0 bridgehead atoms. The summed E-state index contributed by atoms with van der Waals surface area (Å²) in [5.74, 6) is -0.132. The predicted molar refractivity (Wildman–Crippen MR) is 110 cm³/mol. The van der Waals surface area contributed by atoms with Crippen LogP contribution in [0.5, 0.6) is 0 Å². The molecule has 2 aliphatic heterocycles. The number of amides is 2. The van der Waals surface area contributed by atoms with Crippen LogP contribution < -0.4 is 5.32 Å². The van der Waals surface area contributed by atoms with E-state index in [2.05, 4.69) is 5.32 Å². The number of carbonyl (C=O) groups excluding carboxylic acids is 2. The highest BCUT2D eigenvalue weighted by Crippen LogP contribution is 2.28. The number of carbonyl (C=O) groups is 2. The highest BCUT2D eigenvalue weighted by Gasteiger charge is 2.45. The molecule has 2 amide bonds. The zero-order chi connectivity index (χ0) is 20.8. The van der Waals surface area contributed by atoms with Gasteiger partial charge in [-0.05, 0) is 23.8 Å². The first kappa shape index (κ1) is 19.8. The van der Waals surface area contributed by atoms with Gasteiger partial charge in [-0.25, -0.2) is 8.42 Å². The van der Waals surface area contributed by atoms with E-state index in [1.54, 1.807) is 29.2 Å². The zero-order valence-electron chi connectivity index (χ0n) is 16.5. The summed E-state index contributed by atoms with van der Waals surface area (Å²) in [6.07, 6.45) is 0.575. The average Bonchev–Trinajstić information content (AvgIpc) is 2.70. The van der Waals surface area contributed by atoms with Crippen molar-refractivity contribution in [3.8, 4) is 0 Å². The van der Waals surface area contributed by atoms with E-state index >= 15 is 0 Å². The molecule has 0 aromatic heterocycles. The van der Waals surface area contributed by atoms with Crippen LogP contribution in [-0.4, -0.2) is 61.2 Å². The van der Waals surface area contributed by atoms with Gasteiger partial charge in [-0.15, -0.1) is 0 Å². The van der Waals surface area contributed by atoms with E-state index in [1.165, 1.54) is 4.31 Å². The Hall–Kier alpha value is -2.45. The van der Waals surface area contributed by atoms with Crippen LogP contribution in [-0.2, 0) is 19.6 Å². The minimum atomic E-state index is -3.80. The summed E-state index contributed by atoms with van der Waals surface area (Å²) >= 11 is 0. The van der Waals surface area contributed by atoms with Crippen LogP contribution in [0.3, 0.4) is 0 Å². The van der Waals surface area contributed by atoms with Crippen molar-refractivity contribution in [3.05, 3.63) is 42.5 Å². The van der Waals surface area contributed by atoms with Crippen molar-refractivity contribution < 1.29 is 18.0 Å². The van der Waals surface area contributed by atoms with Gasteiger partial charge in [-0.2, -0.15) is 4.31 Å². The van der Waals surface area contributed by atoms with E-state index in [0.29, 0.717) is 11.8 Å². The Balaban J connectivity index is 1.61. The van der Waals surface area contributed by atoms with Gasteiger partial charge in [-0.1, -0.05) is 50.2 Å². The van der Waals surface area contributed by atoms with Crippen LogP contribution in [0.2, 0.25) is 0 Å². The van der Waals surface area contributed by atoms with Crippen molar-refractivity contribution in [2.75, 3.05) is 19.6 Å². The Labute approximate surface area is 170 Å². The van der Waals surface area contributed by atoms with Crippen LogP contribution in [0.25, 0.3) is 10.8 Å². The number of nitrogens with zero attached hydrogens (tertiary/aromatic N) is 2. The molecule has 8 heteroatoms. The third-order valence-electron chi connectivity index (χ3n) is 5.62. The summed E-state index contributed by atoms with van der Waals surface area (Å²) in [4.78, 5) is 27.2. The first-order chi connectivity index (χ1) is 13.8. The van der Waals surface area contributed by atoms with Gasteiger partial charge in [0.15, 0.2) is 0 Å². The molecule has 2 aliphatic rings. The molecule has 0 spiro atoms. The topological polar surface area (TPSA) is 86.8 Å². The Kier molecular flexibility index (Phi) is 5.08. The number of piperazine rings is 2. The van der Waals surface area contributed by atoms with Crippen molar-refractivity contribution in [2.45, 2.75) is 37.2 Å². The maximum atomic E-state index is 13.4. The monoisotopic (exact) mass is 415 g/mol. The van der Waals surface area contributed by atoms with Gasteiger partial charge in [0.05, 0.1) is 4.90 Å². The quantitative estimate of drug-likeness (QED) is 0.822. The second kappa shape index (κ2) is 7.42. The molecule has 2 saturated heterocycles. The van der Waals surface area contributed by atoms with E-state index in [1.807, 2.05) is 32.0 Å². The lowest BCUT2D eigenvalue weighted by molar-refractivity contribution is -0.152. The minimum Gasteiger partial charge on any atom is -0.342 e. The summed E-state index contributed by atoms with van der Waals surface area (Å²) in [5, 5.41) is 4.28. The number of benzene rings is 2. The Morgan fingerprint density at radius 3 is 2.55 bits per heavy atom. The number of hydrogen-bond acceptors (Lipinski definition) is 4. The standard InChI is InChI=1S/C21H25N3O4S/c1-14(2)12-17-21(26)24-11-10-23(13-18(24)20(25)22-17)29(27,28)19-9-5-7-15-6-3-4-8-16(15)19/h3-9,14,17-18H,10-13H2,1-2H3,(H,22,25)/t17-,18-/m1/s1. The first-order valence-corrected chi connectivity index (χ1v) is 11.3. The molecule has 2 aromatic rings. The van der Waals surface area contributed by atoms with Gasteiger partial charge in [0.1, 0.15) is 12.1 Å². The Bertz CT molecular complexity index is 1060. The molecule has 29 heavy (non-hydrogen) atoms. The van der Waals surface area contributed by atoms with Gasteiger partial charge in [0.25, 0.3) is 0 Å². The van der Waals surface area contributed by atoms with E-state index in [-0.39, 0.29) is 42.3 Å². The molecule has 2 heterocycles. The lowest BCUT2D eigenvalue weighted by Gasteiger charge is -2.45. The minimum absolute atomic E-state index is 0.0302. The van der Waals surface area contributed by atoms with Crippen LogP contribution in [0, 0.1) is 5.92 Å². The lowest BCUT2D eigenvalue weighted by atomic mass is 9.97. The highest BCUT2D eigenvalue weighted by atomic mass is 32.2. The third kappa shape index (κ3) is 3.51. The highest BCUT2D eigenvalue weighted by molar-refractivity contribution is 7.89. The van der Waals surface area contributed by atoms with Gasteiger partial charge in [-0.3, -0.25) is 9.59 Å². The number of fused-ring (bicyclic) bond motifs is 2. The van der Waals surface area contributed by atoms with Gasteiger partial charge in [0, 0.05) is 25.0 Å². The maximum absolute atomic E-state index is 13.4. The van der Waals surface area contributed by atoms with Gasteiger partial charge >= 0.3 is 0 Å². The molecule has 0 radical (unpaired) electrons. The van der Waals surface area contributed by atoms with Crippen LogP contribution >= 0.6 is 0 Å². The van der Waals surface area contributed by atoms with Crippen molar-refractivity contribution >= 4 is 32.6 Å². The smallest absolute Gasteiger partial charge is 0.245 e. The normalized spacial score (nSPS) is 23.3. The number of rotatable bonds is 4. The van der Waals surface area contributed by atoms with E-state index in [0.717, 1.165) is 5.39 Å². The van der Waals surface area contributed by atoms with Gasteiger partial charge in [0.2, 0.25) is 21.8 Å². The molecule has 154 valence electrons. The largest absolute Gasteiger partial charge is 0.342 e. The van der Waals surface area contributed by atoms with Crippen molar-refractivity contribution in [2.24, 2.45) is 5.92 Å². The Morgan fingerprint density at radius 2 is 1.79 bits per heavy atom. The zero-order valence-corrected chi connectivity index (χ0v) is 17.4. The molecule has 0 unspecified atom stereocenters. The van der Waals surface area contributed by atoms with Crippen LogP contribution in [0.1, 0.15) is 20.3 Å². The van der Waals surface area contributed by atoms with Crippen LogP contribution in [0.4, 0.5) is 0 Å². The van der Waals surface area contributed by atoms with E-state index in [4.69, 9.17) is 0 Å². The van der Waals surface area contributed by atoms with Crippen molar-refractivity contribution in [3.63, 3.8) is 0 Å². The second-order valence-corrected chi connectivity index (χ2v) is 9.98. The summed E-state index contributed by atoms with van der Waals surface area (Å²) in [7, 11) is -3.80. The molecule has 0 saturated carbocycles. The molecule has 4 rings (SSSR count). The third-order valence-corrected chi connectivity index (χ3v) is 7.54. The van der Waals surface area contributed by atoms with Crippen molar-refractivity contribution in [1.82, 2.24) is 14.5 Å². The number of sulfonamides is 1. The fourth-order valence-electron chi connectivity index (χ4n) is 4.19. The average molecular weight is 416 g/mol. The summed E-state index contributed by atoms with van der Waals surface area (Å²) < 4.78 is 28.1. The molecule has 0 aliphatic carbocycles. The molecular formula is C21H25N3O4S. The maximum Gasteiger partial charge on any atom is 0.245 e. The van der Waals surface area contributed by atoms with Crippen molar-refractivity contribution in [1.29, 1.82) is 0 Å². The molecular weight excluding hydrogens is 390 g/mol. The predicted octanol–water partition coefficient (Wildman–Crippen LogP) is 1.59. The summed E-state index contributed by atoms with van der Waals surface area (Å²) in [6, 6.07) is 11.2. The number of hydrogen-bond donors (Lipinski definition) is 1. The molecule has 1 N–H and O–H groups in total. The van der Waals surface area contributed by atoms with Gasteiger partial charge < -0.3 is 10.2 Å². The van der Waals surface area contributed by atoms with Crippen LogP contribution in [0.15, 0.2) is 47.4 Å². The molecule has 2 fully saturated rings. The first-order valence-electron chi connectivity index (χ1n) is 9.88. The summed E-state index contributed by atoms with van der Waals surface area (Å²) in [5.41, 5.74) is 0. The molecule has 2 atom stereocenters. The summed E-state index contributed by atoms with van der Waals surface area (Å²) in [6.45, 7) is 4.36. The SMILES string of the molecule is CC(C)C[C@H]1NC(=O)[C@H]2CN(S(=O)(=O)c3cccc4ccccc34)CCN2C1=O. The van der Waals surface area contributed by atoms with E-state index < -0.39 is 22.1 Å². The molecule has 2 aromatic carbocycles. The lowest BCUT2D eigenvalue weighted by Crippen LogP contribution is -2.69.